The van der Waals surface area contributed by atoms with Crippen molar-refractivity contribution in [3.05, 3.63) is 24.3 Å². The third kappa shape index (κ3) is 3.73. The maximum Gasteiger partial charge on any atom is 0.240 e. The molecule has 1 aliphatic rings. The van der Waals surface area contributed by atoms with E-state index >= 15 is 0 Å². The number of hydrogen-bond donors (Lipinski definition) is 2. The van der Waals surface area contributed by atoms with Crippen molar-refractivity contribution < 1.29 is 8.42 Å². The Labute approximate surface area is 121 Å². The normalized spacial score (nSPS) is 18.7. The highest BCUT2D eigenvalue weighted by Gasteiger charge is 2.24. The third-order valence-corrected chi connectivity index (χ3v) is 5.16. The number of rotatable bonds is 5. The van der Waals surface area contributed by atoms with Crippen molar-refractivity contribution in [1.29, 1.82) is 0 Å². The van der Waals surface area contributed by atoms with Gasteiger partial charge in [-0.05, 0) is 37.3 Å². The van der Waals surface area contributed by atoms with E-state index < -0.39 is 10.0 Å². The van der Waals surface area contributed by atoms with Gasteiger partial charge in [0, 0.05) is 6.04 Å². The lowest BCUT2D eigenvalue weighted by Crippen LogP contribution is -2.31. The highest BCUT2D eigenvalue weighted by atomic mass is 32.2. The Hall–Kier alpha value is -1.07. The first-order valence-corrected chi connectivity index (χ1v) is 8.95. The Morgan fingerprint density at radius 1 is 1.25 bits per heavy atom. The number of benzene rings is 1. The van der Waals surface area contributed by atoms with E-state index in [2.05, 4.69) is 12.2 Å². The molecule has 0 bridgehead atoms. The number of nitrogens with one attached hydrogen (secondary N) is 1. The molecule has 1 aromatic rings. The van der Waals surface area contributed by atoms with Gasteiger partial charge in [0.15, 0.2) is 0 Å². The predicted octanol–water partition coefficient (Wildman–Crippen LogP) is 3.10. The molecule has 1 fully saturated rings. The molecule has 112 valence electrons. The van der Waals surface area contributed by atoms with E-state index in [4.69, 9.17) is 5.14 Å². The van der Waals surface area contributed by atoms with E-state index in [1.807, 2.05) is 6.07 Å². The van der Waals surface area contributed by atoms with Crippen LogP contribution in [0.25, 0.3) is 0 Å². The summed E-state index contributed by atoms with van der Waals surface area (Å²) in [5.41, 5.74) is 0.632. The fourth-order valence-electron chi connectivity index (χ4n) is 3.12. The van der Waals surface area contributed by atoms with Crippen molar-refractivity contribution in [3.8, 4) is 0 Å². The standard InChI is InChI=1S/C15H24N2O2S/c1-2-13(12-8-4-3-5-9-12)17-14-10-6-7-11-15(14)20(16,18)19/h6-7,10-13,17H,2-5,8-9H2,1H3,(H2,16,18,19). The van der Waals surface area contributed by atoms with Gasteiger partial charge in [-0.15, -0.1) is 0 Å². The molecule has 1 aliphatic carbocycles. The molecule has 0 spiro atoms. The average molecular weight is 296 g/mol. The summed E-state index contributed by atoms with van der Waals surface area (Å²) in [4.78, 5) is 0.189. The molecule has 1 atom stereocenters. The first-order chi connectivity index (χ1) is 9.52. The maximum absolute atomic E-state index is 11.6. The van der Waals surface area contributed by atoms with Crippen molar-refractivity contribution in [3.63, 3.8) is 0 Å². The van der Waals surface area contributed by atoms with Crippen LogP contribution in [0.1, 0.15) is 45.4 Å². The number of anilines is 1. The smallest absolute Gasteiger partial charge is 0.240 e. The van der Waals surface area contributed by atoms with E-state index in [1.165, 1.54) is 32.1 Å². The molecule has 1 unspecified atom stereocenters. The monoisotopic (exact) mass is 296 g/mol. The van der Waals surface area contributed by atoms with Gasteiger partial charge < -0.3 is 5.32 Å². The SMILES string of the molecule is CCC(Nc1ccccc1S(N)(=O)=O)C1CCCCC1. The van der Waals surface area contributed by atoms with Crippen molar-refractivity contribution in [2.24, 2.45) is 11.1 Å². The first kappa shape index (κ1) is 15.3. The fraction of sp³-hybridized carbons (Fsp3) is 0.600. The van der Waals surface area contributed by atoms with Gasteiger partial charge in [0.25, 0.3) is 0 Å². The van der Waals surface area contributed by atoms with E-state index in [0.717, 1.165) is 6.42 Å². The Kier molecular flexibility index (Phi) is 5.05. The summed E-state index contributed by atoms with van der Waals surface area (Å²) >= 11 is 0. The van der Waals surface area contributed by atoms with Crippen LogP contribution in [-0.4, -0.2) is 14.5 Å². The van der Waals surface area contributed by atoms with E-state index in [-0.39, 0.29) is 4.90 Å². The molecule has 2 rings (SSSR count). The van der Waals surface area contributed by atoms with Crippen LogP contribution < -0.4 is 10.5 Å². The van der Waals surface area contributed by atoms with Gasteiger partial charge in [-0.2, -0.15) is 0 Å². The molecule has 4 nitrogen and oxygen atoms in total. The Balaban J connectivity index is 2.19. The van der Waals surface area contributed by atoms with Crippen LogP contribution in [0, 0.1) is 5.92 Å². The van der Waals surface area contributed by atoms with Crippen LogP contribution in [0.4, 0.5) is 5.69 Å². The maximum atomic E-state index is 11.6. The minimum Gasteiger partial charge on any atom is -0.381 e. The molecular formula is C15H24N2O2S. The van der Waals surface area contributed by atoms with Crippen LogP contribution in [0.5, 0.6) is 0 Å². The number of nitrogens with two attached hydrogens (primary N) is 1. The summed E-state index contributed by atoms with van der Waals surface area (Å²) in [7, 11) is -3.68. The summed E-state index contributed by atoms with van der Waals surface area (Å²) < 4.78 is 23.3. The second-order valence-electron chi connectivity index (χ2n) is 5.60. The van der Waals surface area contributed by atoms with Gasteiger partial charge in [-0.25, -0.2) is 13.6 Å². The molecular weight excluding hydrogens is 272 g/mol. The fourth-order valence-corrected chi connectivity index (χ4v) is 3.83. The molecule has 0 aromatic heterocycles. The lowest BCUT2D eigenvalue weighted by Gasteiger charge is -2.31. The predicted molar refractivity (Wildman–Crippen MR) is 82.1 cm³/mol. The molecule has 0 radical (unpaired) electrons. The first-order valence-electron chi connectivity index (χ1n) is 7.40. The topological polar surface area (TPSA) is 72.2 Å². The summed E-state index contributed by atoms with van der Waals surface area (Å²) in [5.74, 6) is 0.627. The van der Waals surface area contributed by atoms with Crippen LogP contribution in [-0.2, 0) is 10.0 Å². The number of sulfonamides is 1. The molecule has 5 heteroatoms. The van der Waals surface area contributed by atoms with Crippen LogP contribution in [0.3, 0.4) is 0 Å². The highest BCUT2D eigenvalue weighted by molar-refractivity contribution is 7.89. The highest BCUT2D eigenvalue weighted by Crippen LogP contribution is 2.31. The van der Waals surface area contributed by atoms with Gasteiger partial charge in [0.1, 0.15) is 4.90 Å². The summed E-state index contributed by atoms with van der Waals surface area (Å²) in [6, 6.07) is 7.21. The molecule has 0 amide bonds. The zero-order valence-electron chi connectivity index (χ0n) is 12.0. The van der Waals surface area contributed by atoms with Crippen LogP contribution in [0.15, 0.2) is 29.2 Å². The zero-order valence-corrected chi connectivity index (χ0v) is 12.8. The lowest BCUT2D eigenvalue weighted by atomic mass is 9.83. The number of primary sulfonamides is 1. The zero-order chi connectivity index (χ0) is 14.6. The summed E-state index contributed by atoms with van der Waals surface area (Å²) in [5, 5.41) is 8.70. The van der Waals surface area contributed by atoms with Gasteiger partial charge in [-0.1, -0.05) is 38.3 Å². The van der Waals surface area contributed by atoms with Crippen molar-refractivity contribution in [2.45, 2.75) is 56.4 Å². The lowest BCUT2D eigenvalue weighted by molar-refractivity contribution is 0.313. The Morgan fingerprint density at radius 2 is 1.90 bits per heavy atom. The molecule has 1 saturated carbocycles. The van der Waals surface area contributed by atoms with E-state index in [1.54, 1.807) is 18.2 Å². The molecule has 0 aliphatic heterocycles. The average Bonchev–Trinajstić information content (AvgIpc) is 2.45. The van der Waals surface area contributed by atoms with Crippen LogP contribution >= 0.6 is 0 Å². The minimum absolute atomic E-state index is 0.189. The summed E-state index contributed by atoms with van der Waals surface area (Å²) in [6.07, 6.45) is 7.32. The molecule has 20 heavy (non-hydrogen) atoms. The van der Waals surface area contributed by atoms with Crippen molar-refractivity contribution in [1.82, 2.24) is 0 Å². The van der Waals surface area contributed by atoms with Crippen molar-refractivity contribution >= 4 is 15.7 Å². The van der Waals surface area contributed by atoms with Gasteiger partial charge in [-0.3, -0.25) is 0 Å². The van der Waals surface area contributed by atoms with E-state index in [9.17, 15) is 8.42 Å². The van der Waals surface area contributed by atoms with Crippen LogP contribution in [0.2, 0.25) is 0 Å². The van der Waals surface area contributed by atoms with E-state index in [0.29, 0.717) is 17.6 Å². The van der Waals surface area contributed by atoms with Gasteiger partial charge >= 0.3 is 0 Å². The largest absolute Gasteiger partial charge is 0.381 e. The molecule has 0 saturated heterocycles. The molecule has 1 aromatic carbocycles. The minimum atomic E-state index is -3.68. The molecule has 3 N–H and O–H groups in total. The Morgan fingerprint density at radius 3 is 2.50 bits per heavy atom. The number of hydrogen-bond acceptors (Lipinski definition) is 3. The quantitative estimate of drug-likeness (QED) is 0.877. The molecule has 0 heterocycles. The Bertz CT molecular complexity index is 537. The third-order valence-electron chi connectivity index (χ3n) is 4.19. The second-order valence-corrected chi connectivity index (χ2v) is 7.13. The van der Waals surface area contributed by atoms with Crippen molar-refractivity contribution in [2.75, 3.05) is 5.32 Å². The summed E-state index contributed by atoms with van der Waals surface area (Å²) in [6.45, 7) is 2.14. The number of para-hydroxylation sites is 1. The van der Waals surface area contributed by atoms with Gasteiger partial charge in [0.2, 0.25) is 10.0 Å². The second kappa shape index (κ2) is 6.59. The van der Waals surface area contributed by atoms with Gasteiger partial charge in [0.05, 0.1) is 5.69 Å².